The predicted molar refractivity (Wildman–Crippen MR) is 118 cm³/mol. The third-order valence-electron chi connectivity index (χ3n) is 5.56. The average Bonchev–Trinajstić information content (AvgIpc) is 2.67. The number of nitrogens with one attached hydrogen (secondary N) is 2. The van der Waals surface area contributed by atoms with Crippen molar-refractivity contribution in [2.24, 2.45) is 16.6 Å². The minimum absolute atomic E-state index is 0.0547. The van der Waals surface area contributed by atoms with Crippen LogP contribution in [0.5, 0.6) is 0 Å². The summed E-state index contributed by atoms with van der Waals surface area (Å²) in [7, 11) is 3.05. The smallest absolute Gasteiger partial charge is 0.394 e. The highest BCUT2D eigenvalue weighted by Crippen LogP contribution is 2.34. The van der Waals surface area contributed by atoms with Gasteiger partial charge in [-0.3, -0.25) is 14.6 Å². The van der Waals surface area contributed by atoms with E-state index in [4.69, 9.17) is 5.73 Å². The van der Waals surface area contributed by atoms with E-state index in [1.165, 1.54) is 11.9 Å². The Balaban J connectivity index is 1.73. The highest BCUT2D eigenvalue weighted by molar-refractivity contribution is 6.13. The summed E-state index contributed by atoms with van der Waals surface area (Å²) in [4.78, 5) is 40.4. The lowest BCUT2D eigenvalue weighted by Crippen LogP contribution is -2.58. The van der Waals surface area contributed by atoms with Crippen molar-refractivity contribution in [3.05, 3.63) is 17.0 Å². The molecule has 1 saturated heterocycles. The largest absolute Gasteiger partial charge is 0.431 e. The fraction of sp³-hybridized carbons (Fsp3) is 0.550. The van der Waals surface area contributed by atoms with Gasteiger partial charge in [0.15, 0.2) is 5.82 Å². The Hall–Kier alpha value is -3.38. The number of hydrogen-bond donors (Lipinski definition) is 3. The monoisotopic (exact) mass is 468 g/mol. The van der Waals surface area contributed by atoms with Crippen LogP contribution in [0.3, 0.4) is 0 Å². The fourth-order valence-corrected chi connectivity index (χ4v) is 3.89. The number of likely N-dealkylation sites (N-methyl/N-ethyl adjacent to an activating group) is 1. The molecular formula is C20H27F3N8O2. The number of anilines is 3. The topological polar surface area (TPSA) is 129 Å². The van der Waals surface area contributed by atoms with E-state index in [0.29, 0.717) is 23.1 Å². The van der Waals surface area contributed by atoms with Gasteiger partial charge in [-0.2, -0.15) is 18.2 Å². The molecule has 0 saturated carbocycles. The number of allylic oxidation sites excluding steroid dienone is 1. The quantitative estimate of drug-likeness (QED) is 0.439. The minimum atomic E-state index is -4.83. The lowest BCUT2D eigenvalue weighted by Gasteiger charge is -2.40. The van der Waals surface area contributed by atoms with Gasteiger partial charge >= 0.3 is 6.18 Å². The highest BCUT2D eigenvalue weighted by Gasteiger charge is 2.40. The van der Waals surface area contributed by atoms with Crippen molar-refractivity contribution in [3.63, 3.8) is 0 Å². The molecular weight excluding hydrogens is 441 g/mol. The Labute approximate surface area is 189 Å². The van der Waals surface area contributed by atoms with Crippen LogP contribution >= 0.6 is 0 Å². The minimum Gasteiger partial charge on any atom is -0.394 e. The third kappa shape index (κ3) is 4.71. The zero-order valence-corrected chi connectivity index (χ0v) is 19.0. The normalized spacial score (nSPS) is 19.9. The van der Waals surface area contributed by atoms with Crippen LogP contribution in [-0.4, -0.2) is 78.3 Å². The number of aryl methyl sites for hydroxylation is 1. The summed E-state index contributed by atoms with van der Waals surface area (Å²) in [6.07, 6.45) is -4.02. The number of hydrogen-bond acceptors (Lipinski definition) is 8. The lowest BCUT2D eigenvalue weighted by molar-refractivity contribution is -0.131. The van der Waals surface area contributed by atoms with Gasteiger partial charge in [0, 0.05) is 33.4 Å². The number of aromatic nitrogens is 2. The van der Waals surface area contributed by atoms with E-state index in [-0.39, 0.29) is 37.0 Å². The van der Waals surface area contributed by atoms with E-state index in [1.807, 2.05) is 13.8 Å². The molecule has 10 nitrogen and oxygen atoms in total. The number of halogens is 3. The molecule has 13 heteroatoms. The van der Waals surface area contributed by atoms with Gasteiger partial charge in [0.1, 0.15) is 17.4 Å². The molecule has 1 aromatic heterocycles. The van der Waals surface area contributed by atoms with Crippen molar-refractivity contribution < 1.29 is 22.8 Å². The molecule has 0 aliphatic carbocycles. The second kappa shape index (κ2) is 8.87. The zero-order valence-electron chi connectivity index (χ0n) is 19.0. The molecule has 0 unspecified atom stereocenters. The number of alkyl halides is 3. The molecule has 0 radical (unpaired) electrons. The molecule has 2 aliphatic heterocycles. The van der Waals surface area contributed by atoms with Gasteiger partial charge in [-0.15, -0.1) is 0 Å². The average molecular weight is 468 g/mol. The second-order valence-corrected chi connectivity index (χ2v) is 8.38. The lowest BCUT2D eigenvalue weighted by atomic mass is 9.99. The van der Waals surface area contributed by atoms with Crippen molar-refractivity contribution in [1.82, 2.24) is 14.9 Å². The molecule has 3 rings (SSSR count). The summed E-state index contributed by atoms with van der Waals surface area (Å²) in [5.41, 5.74) is 4.07. The van der Waals surface area contributed by atoms with Crippen LogP contribution in [0.4, 0.5) is 30.6 Å². The van der Waals surface area contributed by atoms with Crippen LogP contribution in [0.1, 0.15) is 19.5 Å². The molecule has 1 aromatic rings. The molecule has 2 aliphatic rings. The molecule has 1 atom stereocenters. The molecule has 0 spiro atoms. The first-order valence-corrected chi connectivity index (χ1v) is 10.3. The number of aliphatic imine (C=N–C) groups is 1. The molecule has 3 heterocycles. The SMILES string of the molecule is CN=C/C(C(=O)N1CC(Nc2nc(C)c3c(n2)N(C)[C@@H](C(C)C)C(=O)N3)C1)=C(\N)C(F)(F)F. The number of carbonyl (C=O) groups excluding carboxylic acids is 2. The first-order chi connectivity index (χ1) is 15.3. The number of amides is 2. The van der Waals surface area contributed by atoms with Crippen LogP contribution in [0.15, 0.2) is 16.3 Å². The Morgan fingerprint density at radius 3 is 2.52 bits per heavy atom. The maximum atomic E-state index is 13.0. The number of nitrogens with two attached hydrogens (primary N) is 1. The van der Waals surface area contributed by atoms with Gasteiger partial charge in [0.2, 0.25) is 11.9 Å². The molecule has 0 aromatic carbocycles. The summed E-state index contributed by atoms with van der Waals surface area (Å²) >= 11 is 0. The molecule has 0 bridgehead atoms. The molecule has 2 amide bonds. The Kier molecular flexibility index (Phi) is 6.52. The van der Waals surface area contributed by atoms with Crippen LogP contribution in [0.25, 0.3) is 0 Å². The van der Waals surface area contributed by atoms with Crippen molar-refractivity contribution in [3.8, 4) is 0 Å². The van der Waals surface area contributed by atoms with Crippen molar-refractivity contribution in [1.29, 1.82) is 0 Å². The maximum absolute atomic E-state index is 13.0. The number of rotatable bonds is 5. The van der Waals surface area contributed by atoms with E-state index in [1.54, 1.807) is 18.9 Å². The molecule has 180 valence electrons. The maximum Gasteiger partial charge on any atom is 0.431 e. The second-order valence-electron chi connectivity index (χ2n) is 8.38. The summed E-state index contributed by atoms with van der Waals surface area (Å²) < 4.78 is 38.9. The van der Waals surface area contributed by atoms with Crippen molar-refractivity contribution in [2.45, 2.75) is 39.0 Å². The van der Waals surface area contributed by atoms with Gasteiger partial charge in [0.05, 0.1) is 17.3 Å². The van der Waals surface area contributed by atoms with Gasteiger partial charge in [-0.25, -0.2) is 4.98 Å². The number of likely N-dealkylation sites (tertiary alicyclic amines) is 1. The molecule has 4 N–H and O–H groups in total. The van der Waals surface area contributed by atoms with Crippen LogP contribution in [-0.2, 0) is 9.59 Å². The summed E-state index contributed by atoms with van der Waals surface area (Å²) in [6, 6.07) is -0.649. The Morgan fingerprint density at radius 2 is 1.97 bits per heavy atom. The third-order valence-corrected chi connectivity index (χ3v) is 5.56. The van der Waals surface area contributed by atoms with Gasteiger partial charge in [-0.05, 0) is 12.8 Å². The fourth-order valence-electron chi connectivity index (χ4n) is 3.89. The van der Waals surface area contributed by atoms with Crippen molar-refractivity contribution >= 4 is 35.5 Å². The number of carbonyl (C=O) groups is 2. The van der Waals surface area contributed by atoms with Crippen LogP contribution in [0, 0.1) is 12.8 Å². The highest BCUT2D eigenvalue weighted by atomic mass is 19.4. The van der Waals surface area contributed by atoms with E-state index >= 15 is 0 Å². The van der Waals surface area contributed by atoms with Gasteiger partial charge in [-0.1, -0.05) is 13.8 Å². The van der Waals surface area contributed by atoms with Gasteiger partial charge < -0.3 is 26.2 Å². The summed E-state index contributed by atoms with van der Waals surface area (Å²) in [5.74, 6) is -0.0529. The molecule has 33 heavy (non-hydrogen) atoms. The Morgan fingerprint density at radius 1 is 1.33 bits per heavy atom. The van der Waals surface area contributed by atoms with Gasteiger partial charge in [0.25, 0.3) is 5.91 Å². The predicted octanol–water partition coefficient (Wildman–Crippen LogP) is 1.30. The first kappa shape index (κ1) is 24.3. The van der Waals surface area contributed by atoms with Crippen molar-refractivity contribution in [2.75, 3.05) is 42.7 Å². The standard InChI is InChI=1S/C20H27F3N8O2/c1-9(2)14-17(32)28-13-10(3)26-19(29-16(13)30(14)5)27-11-7-31(8-11)18(33)12(6-25-4)15(24)20(21,22)23/h6,9,11,14H,7-8,24H2,1-5H3,(H,28,32)(H,26,27,29)/b15-12+,25-6?/t14-/m0/s1. The Bertz CT molecular complexity index is 1020. The summed E-state index contributed by atoms with van der Waals surface area (Å²) in [5, 5.41) is 5.96. The van der Waals surface area contributed by atoms with E-state index in [9.17, 15) is 22.8 Å². The summed E-state index contributed by atoms with van der Waals surface area (Å²) in [6.45, 7) is 5.91. The number of nitrogens with zero attached hydrogens (tertiary/aromatic N) is 5. The number of fused-ring (bicyclic) bond motifs is 1. The van der Waals surface area contributed by atoms with Crippen LogP contribution < -0.4 is 21.3 Å². The van der Waals surface area contributed by atoms with E-state index in [2.05, 4.69) is 25.6 Å². The first-order valence-electron chi connectivity index (χ1n) is 10.3. The molecule has 1 fully saturated rings. The zero-order chi connectivity index (χ0) is 24.7. The van der Waals surface area contributed by atoms with E-state index < -0.39 is 23.4 Å². The van der Waals surface area contributed by atoms with Crippen LogP contribution in [0.2, 0.25) is 0 Å². The van der Waals surface area contributed by atoms with E-state index in [0.717, 1.165) is 6.21 Å².